The number of hydrogen-bond acceptors (Lipinski definition) is 6. The van der Waals surface area contributed by atoms with Crippen molar-refractivity contribution in [2.24, 2.45) is 13.0 Å². The molecule has 1 saturated carbocycles. The van der Waals surface area contributed by atoms with Gasteiger partial charge in [0.05, 0.1) is 23.4 Å². The molecule has 1 aliphatic rings. The molecule has 0 spiro atoms. The Labute approximate surface area is 144 Å². The number of carboxylic acid groups (broad SMARTS) is 1. The lowest BCUT2D eigenvalue weighted by Gasteiger charge is -2.27. The summed E-state index contributed by atoms with van der Waals surface area (Å²) in [5, 5.41) is 17.0. The van der Waals surface area contributed by atoms with Gasteiger partial charge in [-0.25, -0.2) is 9.67 Å². The van der Waals surface area contributed by atoms with Crippen molar-refractivity contribution in [2.45, 2.75) is 38.7 Å². The lowest BCUT2D eigenvalue weighted by Crippen LogP contribution is -2.29. The number of nitrogens with zero attached hydrogens (tertiary/aromatic N) is 4. The fourth-order valence-electron chi connectivity index (χ4n) is 3.14. The number of aldehydes is 1. The van der Waals surface area contributed by atoms with Crippen LogP contribution in [0.1, 0.15) is 41.9 Å². The third kappa shape index (κ3) is 3.52. The van der Waals surface area contributed by atoms with Crippen LogP contribution in [0.3, 0.4) is 0 Å². The number of aryl methyl sites for hydroxylation is 2. The highest BCUT2D eigenvalue weighted by Gasteiger charge is 2.28. The Bertz CT molecular complexity index is 802. The molecule has 2 atom stereocenters. The number of carbonyl (C=O) groups excluding carboxylic acids is 1. The molecule has 0 saturated heterocycles. The molecule has 8 nitrogen and oxygen atoms in total. The normalized spacial score (nSPS) is 20.2. The van der Waals surface area contributed by atoms with Gasteiger partial charge in [-0.05, 0) is 44.7 Å². The van der Waals surface area contributed by atoms with E-state index in [1.54, 1.807) is 19.2 Å². The zero-order chi connectivity index (χ0) is 18.0. The molecule has 132 valence electrons. The minimum atomic E-state index is -0.762. The molecule has 0 bridgehead atoms. The van der Waals surface area contributed by atoms with Gasteiger partial charge in [0.15, 0.2) is 6.29 Å². The summed E-state index contributed by atoms with van der Waals surface area (Å²) in [7, 11) is 1.65. The van der Waals surface area contributed by atoms with E-state index in [0.717, 1.165) is 12.8 Å². The fraction of sp³-hybridized carbons (Fsp3) is 0.471. The molecule has 0 aliphatic heterocycles. The number of carbonyl (C=O) groups is 2. The molecular formula is C17H20N4O4. The third-order valence-electron chi connectivity index (χ3n) is 4.53. The average Bonchev–Trinajstić information content (AvgIpc) is 2.97. The van der Waals surface area contributed by atoms with Gasteiger partial charge < -0.3 is 9.84 Å². The van der Waals surface area contributed by atoms with Crippen molar-refractivity contribution >= 4 is 12.3 Å². The van der Waals surface area contributed by atoms with Crippen molar-refractivity contribution in [1.82, 2.24) is 20.0 Å². The van der Waals surface area contributed by atoms with E-state index in [-0.39, 0.29) is 12.0 Å². The Hall–Kier alpha value is -2.77. The van der Waals surface area contributed by atoms with Gasteiger partial charge in [-0.1, -0.05) is 5.21 Å². The zero-order valence-electron chi connectivity index (χ0n) is 14.2. The molecule has 25 heavy (non-hydrogen) atoms. The Kier molecular flexibility index (Phi) is 4.78. The minimum absolute atomic E-state index is 0.122. The van der Waals surface area contributed by atoms with Gasteiger partial charge in [0.2, 0.25) is 0 Å². The zero-order valence-corrected chi connectivity index (χ0v) is 14.2. The van der Waals surface area contributed by atoms with Gasteiger partial charge >= 0.3 is 5.97 Å². The molecule has 0 amide bonds. The number of hydrogen-bond donors (Lipinski definition) is 1. The lowest BCUT2D eigenvalue weighted by molar-refractivity contribution is -0.143. The standard InChI is InChI=1S/C17H20N4O4/c1-10-15(25-12-5-3-4-11(8-12)17(23)24)7-6-13(18-10)16-14(9-22)21(2)20-19-16/h6-7,9,11-12H,3-5,8H2,1-2H3,(H,23,24)/t11-,12-/m0/s1. The molecule has 8 heteroatoms. The van der Waals surface area contributed by atoms with Crippen LogP contribution in [0.4, 0.5) is 0 Å². The summed E-state index contributed by atoms with van der Waals surface area (Å²) in [6, 6.07) is 3.52. The summed E-state index contributed by atoms with van der Waals surface area (Å²) in [4.78, 5) is 26.8. The summed E-state index contributed by atoms with van der Waals surface area (Å²) in [5.74, 6) is -0.486. The van der Waals surface area contributed by atoms with Crippen LogP contribution < -0.4 is 4.74 Å². The molecule has 1 N–H and O–H groups in total. The first-order chi connectivity index (χ1) is 12.0. The Morgan fingerprint density at radius 2 is 2.20 bits per heavy atom. The highest BCUT2D eigenvalue weighted by molar-refractivity contribution is 5.82. The molecule has 3 rings (SSSR count). The second-order valence-corrected chi connectivity index (χ2v) is 6.29. The predicted molar refractivity (Wildman–Crippen MR) is 88.4 cm³/mol. The summed E-state index contributed by atoms with van der Waals surface area (Å²) >= 11 is 0. The topological polar surface area (TPSA) is 107 Å². The first-order valence-corrected chi connectivity index (χ1v) is 8.22. The summed E-state index contributed by atoms with van der Waals surface area (Å²) in [6.07, 6.45) is 3.47. The van der Waals surface area contributed by atoms with Crippen molar-refractivity contribution in [1.29, 1.82) is 0 Å². The monoisotopic (exact) mass is 344 g/mol. The maximum absolute atomic E-state index is 11.2. The van der Waals surface area contributed by atoms with E-state index in [1.807, 2.05) is 6.92 Å². The van der Waals surface area contributed by atoms with Gasteiger partial charge in [-0.3, -0.25) is 9.59 Å². The number of aromatic nitrogens is 4. The van der Waals surface area contributed by atoms with Gasteiger partial charge in [0, 0.05) is 7.05 Å². The Morgan fingerprint density at radius 3 is 2.88 bits per heavy atom. The molecule has 1 fully saturated rings. The van der Waals surface area contributed by atoms with Crippen molar-refractivity contribution in [3.05, 3.63) is 23.5 Å². The molecule has 0 unspecified atom stereocenters. The van der Waals surface area contributed by atoms with Crippen molar-refractivity contribution in [3.8, 4) is 17.1 Å². The molecule has 1 aliphatic carbocycles. The van der Waals surface area contributed by atoms with Crippen molar-refractivity contribution in [3.63, 3.8) is 0 Å². The number of aliphatic carboxylic acids is 1. The van der Waals surface area contributed by atoms with Crippen LogP contribution in [-0.4, -0.2) is 43.4 Å². The van der Waals surface area contributed by atoms with Gasteiger partial charge in [-0.15, -0.1) is 5.10 Å². The van der Waals surface area contributed by atoms with E-state index in [2.05, 4.69) is 15.3 Å². The van der Waals surface area contributed by atoms with E-state index in [1.165, 1.54) is 4.68 Å². The molecule has 2 aromatic rings. The SMILES string of the molecule is Cc1nc(-c2nnn(C)c2C=O)ccc1O[C@H]1CCC[C@H](C(=O)O)C1. The largest absolute Gasteiger partial charge is 0.489 e. The lowest BCUT2D eigenvalue weighted by atomic mass is 9.87. The van der Waals surface area contributed by atoms with E-state index in [0.29, 0.717) is 47.7 Å². The highest BCUT2D eigenvalue weighted by Crippen LogP contribution is 2.30. The summed E-state index contributed by atoms with van der Waals surface area (Å²) in [5.41, 5.74) is 2.00. The quantitative estimate of drug-likeness (QED) is 0.827. The maximum atomic E-state index is 11.2. The average molecular weight is 344 g/mol. The van der Waals surface area contributed by atoms with Crippen molar-refractivity contribution in [2.75, 3.05) is 0 Å². The predicted octanol–water partition coefficient (Wildman–Crippen LogP) is 2.02. The highest BCUT2D eigenvalue weighted by atomic mass is 16.5. The number of rotatable bonds is 5. The molecule has 2 aromatic heterocycles. The van der Waals surface area contributed by atoms with Crippen LogP contribution in [-0.2, 0) is 11.8 Å². The second-order valence-electron chi connectivity index (χ2n) is 6.29. The summed E-state index contributed by atoms with van der Waals surface area (Å²) in [6.45, 7) is 1.81. The van der Waals surface area contributed by atoms with E-state index < -0.39 is 5.97 Å². The van der Waals surface area contributed by atoms with Crippen LogP contribution >= 0.6 is 0 Å². The smallest absolute Gasteiger partial charge is 0.306 e. The van der Waals surface area contributed by atoms with Crippen molar-refractivity contribution < 1.29 is 19.4 Å². The first kappa shape index (κ1) is 17.1. The molecule has 0 radical (unpaired) electrons. The van der Waals surface area contributed by atoms with Gasteiger partial charge in [0.25, 0.3) is 0 Å². The van der Waals surface area contributed by atoms with E-state index in [4.69, 9.17) is 4.74 Å². The fourth-order valence-corrected chi connectivity index (χ4v) is 3.14. The number of ether oxygens (including phenoxy) is 1. The molecule has 2 heterocycles. The van der Waals surface area contributed by atoms with E-state index >= 15 is 0 Å². The Morgan fingerprint density at radius 1 is 1.40 bits per heavy atom. The number of carboxylic acids is 1. The third-order valence-corrected chi connectivity index (χ3v) is 4.53. The second kappa shape index (κ2) is 7.00. The number of pyridine rings is 1. The maximum Gasteiger partial charge on any atom is 0.306 e. The van der Waals surface area contributed by atoms with Crippen LogP contribution in [0, 0.1) is 12.8 Å². The van der Waals surface area contributed by atoms with Gasteiger partial charge in [-0.2, -0.15) is 0 Å². The van der Waals surface area contributed by atoms with Crippen LogP contribution in [0.25, 0.3) is 11.4 Å². The first-order valence-electron chi connectivity index (χ1n) is 8.22. The minimum Gasteiger partial charge on any atom is -0.489 e. The van der Waals surface area contributed by atoms with Gasteiger partial charge in [0.1, 0.15) is 17.1 Å². The van der Waals surface area contributed by atoms with E-state index in [9.17, 15) is 14.7 Å². The Balaban J connectivity index is 1.78. The summed E-state index contributed by atoms with van der Waals surface area (Å²) < 4.78 is 7.38. The van der Waals surface area contributed by atoms with Crippen LogP contribution in [0.15, 0.2) is 12.1 Å². The van der Waals surface area contributed by atoms with Crippen LogP contribution in [0.2, 0.25) is 0 Å². The molecular weight excluding hydrogens is 324 g/mol. The van der Waals surface area contributed by atoms with Crippen LogP contribution in [0.5, 0.6) is 5.75 Å². The molecule has 0 aromatic carbocycles.